The number of nitrogens with one attached hydrogen (secondary N) is 1. The summed E-state index contributed by atoms with van der Waals surface area (Å²) in [6.07, 6.45) is 4.17. The molecule has 82 valence electrons. The number of nitrogens with zero attached hydrogens (tertiary/aromatic N) is 1. The number of piperidine rings is 1. The zero-order chi connectivity index (χ0) is 10.1. The third kappa shape index (κ3) is 1.96. The van der Waals surface area contributed by atoms with Crippen LogP contribution in [-0.2, 0) is 0 Å². The van der Waals surface area contributed by atoms with E-state index in [-0.39, 0.29) is 0 Å². The van der Waals surface area contributed by atoms with E-state index in [0.717, 1.165) is 23.9 Å². The topological polar surface area (TPSA) is 15.3 Å². The Balaban J connectivity index is 2.02. The maximum Gasteiger partial charge on any atom is 0.0252 e. The molecule has 2 rings (SSSR count). The fraction of sp³-hybridized carbons (Fsp3) is 1.00. The molecule has 3 unspecified atom stereocenters. The Labute approximate surface area is 88.1 Å². The monoisotopic (exact) mass is 196 g/mol. The number of likely N-dealkylation sites (tertiary alicyclic amines) is 1. The van der Waals surface area contributed by atoms with Crippen LogP contribution in [0.1, 0.15) is 33.1 Å². The lowest BCUT2D eigenvalue weighted by Gasteiger charge is -2.42. The van der Waals surface area contributed by atoms with Gasteiger partial charge in [0.25, 0.3) is 0 Å². The summed E-state index contributed by atoms with van der Waals surface area (Å²) in [4.78, 5) is 2.57. The Morgan fingerprint density at radius 3 is 2.86 bits per heavy atom. The van der Waals surface area contributed by atoms with Gasteiger partial charge in [0.2, 0.25) is 0 Å². The summed E-state index contributed by atoms with van der Waals surface area (Å²) in [6.45, 7) is 7.23. The van der Waals surface area contributed by atoms with Crippen LogP contribution in [0, 0.1) is 11.8 Å². The second kappa shape index (κ2) is 4.19. The molecule has 2 heteroatoms. The molecule has 0 radical (unpaired) electrons. The van der Waals surface area contributed by atoms with Gasteiger partial charge in [-0.3, -0.25) is 0 Å². The first-order chi connectivity index (χ1) is 6.68. The highest BCUT2D eigenvalue weighted by molar-refractivity contribution is 4.97. The van der Waals surface area contributed by atoms with E-state index in [0.29, 0.717) is 0 Å². The lowest BCUT2D eigenvalue weighted by molar-refractivity contribution is 0.102. The van der Waals surface area contributed by atoms with Gasteiger partial charge in [0, 0.05) is 12.1 Å². The molecule has 14 heavy (non-hydrogen) atoms. The Hall–Kier alpha value is -0.0800. The molecule has 0 saturated carbocycles. The minimum absolute atomic E-state index is 0.788. The van der Waals surface area contributed by atoms with Crippen LogP contribution in [0.25, 0.3) is 0 Å². The molecule has 2 nitrogen and oxygen atoms in total. The highest BCUT2D eigenvalue weighted by Crippen LogP contribution is 2.31. The Morgan fingerprint density at radius 2 is 2.14 bits per heavy atom. The van der Waals surface area contributed by atoms with Gasteiger partial charge in [0.1, 0.15) is 0 Å². The fourth-order valence-electron chi connectivity index (χ4n) is 3.17. The number of hydrogen-bond acceptors (Lipinski definition) is 2. The summed E-state index contributed by atoms with van der Waals surface area (Å²) in [5.41, 5.74) is 0. The van der Waals surface area contributed by atoms with Crippen LogP contribution in [0.15, 0.2) is 0 Å². The Kier molecular flexibility index (Phi) is 3.13. The van der Waals surface area contributed by atoms with Crippen molar-refractivity contribution in [3.05, 3.63) is 0 Å². The first kappa shape index (κ1) is 10.4. The van der Waals surface area contributed by atoms with Crippen molar-refractivity contribution in [3.63, 3.8) is 0 Å². The molecular weight excluding hydrogens is 172 g/mol. The molecule has 2 aliphatic rings. The van der Waals surface area contributed by atoms with Gasteiger partial charge in [-0.15, -0.1) is 0 Å². The van der Waals surface area contributed by atoms with E-state index < -0.39 is 0 Å². The van der Waals surface area contributed by atoms with Crippen LogP contribution in [0.4, 0.5) is 0 Å². The van der Waals surface area contributed by atoms with Crippen molar-refractivity contribution in [2.45, 2.75) is 45.2 Å². The van der Waals surface area contributed by atoms with Crippen molar-refractivity contribution in [3.8, 4) is 0 Å². The SMILES string of the molecule is CC(C)CC1C2NCCC2CCN1C. The van der Waals surface area contributed by atoms with Gasteiger partial charge in [-0.2, -0.15) is 0 Å². The van der Waals surface area contributed by atoms with Crippen LogP contribution in [-0.4, -0.2) is 37.1 Å². The smallest absolute Gasteiger partial charge is 0.0252 e. The zero-order valence-electron chi connectivity index (χ0n) is 9.79. The molecule has 2 fully saturated rings. The average molecular weight is 196 g/mol. The van der Waals surface area contributed by atoms with Crippen molar-refractivity contribution in [1.82, 2.24) is 10.2 Å². The highest BCUT2D eigenvalue weighted by atomic mass is 15.2. The van der Waals surface area contributed by atoms with Crippen molar-refractivity contribution >= 4 is 0 Å². The Bertz CT molecular complexity index is 191. The number of rotatable bonds is 2. The van der Waals surface area contributed by atoms with Crippen molar-refractivity contribution in [2.75, 3.05) is 20.1 Å². The van der Waals surface area contributed by atoms with E-state index in [4.69, 9.17) is 0 Å². The molecule has 0 aromatic rings. The van der Waals surface area contributed by atoms with E-state index in [1.165, 1.54) is 32.4 Å². The quantitative estimate of drug-likeness (QED) is 0.723. The van der Waals surface area contributed by atoms with Crippen LogP contribution in [0.3, 0.4) is 0 Å². The molecule has 0 spiro atoms. The van der Waals surface area contributed by atoms with E-state index in [1.54, 1.807) is 0 Å². The maximum absolute atomic E-state index is 3.70. The molecule has 2 heterocycles. The van der Waals surface area contributed by atoms with Crippen LogP contribution in [0.2, 0.25) is 0 Å². The van der Waals surface area contributed by atoms with Gasteiger partial charge in [0.15, 0.2) is 0 Å². The minimum atomic E-state index is 0.788. The van der Waals surface area contributed by atoms with Crippen LogP contribution >= 0.6 is 0 Å². The summed E-state index contributed by atoms with van der Waals surface area (Å²) >= 11 is 0. The van der Waals surface area contributed by atoms with E-state index in [2.05, 4.69) is 31.1 Å². The first-order valence-electron chi connectivity index (χ1n) is 6.12. The molecule has 2 aliphatic heterocycles. The summed E-state index contributed by atoms with van der Waals surface area (Å²) < 4.78 is 0. The normalized spacial score (nSPS) is 39.0. The van der Waals surface area contributed by atoms with Crippen LogP contribution < -0.4 is 5.32 Å². The van der Waals surface area contributed by atoms with E-state index in [1.807, 2.05) is 0 Å². The molecule has 0 amide bonds. The van der Waals surface area contributed by atoms with E-state index in [9.17, 15) is 0 Å². The molecule has 1 N–H and O–H groups in total. The molecular formula is C12H24N2. The molecule has 2 saturated heterocycles. The minimum Gasteiger partial charge on any atom is -0.312 e. The lowest BCUT2D eigenvalue weighted by Crippen LogP contribution is -2.53. The molecule has 0 bridgehead atoms. The average Bonchev–Trinajstić information content (AvgIpc) is 2.57. The second-order valence-electron chi connectivity index (χ2n) is 5.49. The summed E-state index contributed by atoms with van der Waals surface area (Å²) in [6, 6.07) is 1.58. The number of hydrogen-bond donors (Lipinski definition) is 1. The third-order valence-electron chi connectivity index (χ3n) is 3.95. The third-order valence-corrected chi connectivity index (χ3v) is 3.95. The van der Waals surface area contributed by atoms with Gasteiger partial charge in [-0.1, -0.05) is 13.8 Å². The maximum atomic E-state index is 3.70. The standard InChI is InChI=1S/C12H24N2/c1-9(2)8-11-12-10(4-6-13-12)5-7-14(11)3/h9-13H,4-8H2,1-3H3. The molecule has 3 atom stereocenters. The van der Waals surface area contributed by atoms with Crippen molar-refractivity contribution in [1.29, 1.82) is 0 Å². The van der Waals surface area contributed by atoms with Gasteiger partial charge < -0.3 is 10.2 Å². The zero-order valence-corrected chi connectivity index (χ0v) is 9.79. The molecule has 0 aromatic carbocycles. The summed E-state index contributed by atoms with van der Waals surface area (Å²) in [5, 5.41) is 3.70. The first-order valence-corrected chi connectivity index (χ1v) is 6.12. The van der Waals surface area contributed by atoms with Crippen molar-refractivity contribution in [2.24, 2.45) is 11.8 Å². The summed E-state index contributed by atoms with van der Waals surface area (Å²) in [5.74, 6) is 1.79. The number of likely N-dealkylation sites (N-methyl/N-ethyl adjacent to an activating group) is 1. The van der Waals surface area contributed by atoms with Gasteiger partial charge >= 0.3 is 0 Å². The fourth-order valence-corrected chi connectivity index (χ4v) is 3.17. The van der Waals surface area contributed by atoms with Gasteiger partial charge in [-0.25, -0.2) is 0 Å². The van der Waals surface area contributed by atoms with Gasteiger partial charge in [0.05, 0.1) is 0 Å². The van der Waals surface area contributed by atoms with E-state index >= 15 is 0 Å². The van der Waals surface area contributed by atoms with Gasteiger partial charge in [-0.05, 0) is 51.2 Å². The molecule has 0 aromatic heterocycles. The van der Waals surface area contributed by atoms with Crippen molar-refractivity contribution < 1.29 is 0 Å². The predicted molar refractivity (Wildman–Crippen MR) is 60.4 cm³/mol. The van der Waals surface area contributed by atoms with Crippen LogP contribution in [0.5, 0.6) is 0 Å². The Morgan fingerprint density at radius 1 is 1.36 bits per heavy atom. The number of fused-ring (bicyclic) bond motifs is 1. The second-order valence-corrected chi connectivity index (χ2v) is 5.49. The lowest BCUT2D eigenvalue weighted by atomic mass is 9.83. The predicted octanol–water partition coefficient (Wildman–Crippen LogP) is 1.71. The summed E-state index contributed by atoms with van der Waals surface area (Å²) in [7, 11) is 2.29. The molecule has 0 aliphatic carbocycles. The highest BCUT2D eigenvalue weighted by Gasteiger charge is 2.38. The largest absolute Gasteiger partial charge is 0.312 e.